The third-order valence-corrected chi connectivity index (χ3v) is 4.88. The van der Waals surface area contributed by atoms with E-state index in [1.807, 2.05) is 0 Å². The molecule has 0 aromatic heterocycles. The van der Waals surface area contributed by atoms with Gasteiger partial charge in [0.1, 0.15) is 0 Å². The Labute approximate surface area is 124 Å². The van der Waals surface area contributed by atoms with Gasteiger partial charge in [0.25, 0.3) is 0 Å². The first-order valence-corrected chi connectivity index (χ1v) is 8.08. The van der Waals surface area contributed by atoms with E-state index in [0.29, 0.717) is 25.8 Å². The van der Waals surface area contributed by atoms with Crippen LogP contribution in [0.4, 0.5) is 13.2 Å². The second kappa shape index (κ2) is 6.05. The van der Waals surface area contributed by atoms with Crippen molar-refractivity contribution in [1.82, 2.24) is 10.2 Å². The van der Waals surface area contributed by atoms with Crippen LogP contribution in [0.5, 0.6) is 0 Å². The molecule has 1 heterocycles. The zero-order valence-corrected chi connectivity index (χ0v) is 12.4. The fraction of sp³-hybridized carbons (Fsp3) is 1.00. The van der Waals surface area contributed by atoms with E-state index in [1.165, 1.54) is 12.8 Å². The van der Waals surface area contributed by atoms with Crippen LogP contribution in [0, 0.1) is 5.41 Å². The topological polar surface area (TPSA) is 24.5 Å². The Morgan fingerprint density at radius 3 is 2.29 bits per heavy atom. The van der Waals surface area contributed by atoms with Gasteiger partial charge in [-0.2, -0.15) is 13.2 Å². The minimum Gasteiger partial charge on any atom is -0.381 e. The molecule has 3 nitrogen and oxygen atoms in total. The summed E-state index contributed by atoms with van der Waals surface area (Å²) >= 11 is 0. The average molecular weight is 306 g/mol. The van der Waals surface area contributed by atoms with Crippen LogP contribution in [0.1, 0.15) is 38.5 Å². The zero-order valence-electron chi connectivity index (χ0n) is 12.4. The number of nitrogens with one attached hydrogen (secondary N) is 1. The lowest BCUT2D eigenvalue weighted by Gasteiger charge is -2.41. The van der Waals surface area contributed by atoms with Crippen molar-refractivity contribution in [2.75, 3.05) is 32.8 Å². The molecule has 1 saturated heterocycles. The summed E-state index contributed by atoms with van der Waals surface area (Å²) in [6, 6.07) is 0.744. The molecule has 3 rings (SSSR count). The van der Waals surface area contributed by atoms with E-state index in [0.717, 1.165) is 32.2 Å². The number of hydrogen-bond acceptors (Lipinski definition) is 3. The number of hydrogen-bond donors (Lipinski definition) is 1. The van der Waals surface area contributed by atoms with E-state index in [2.05, 4.69) is 5.32 Å². The van der Waals surface area contributed by atoms with Crippen molar-refractivity contribution in [2.45, 2.75) is 56.8 Å². The van der Waals surface area contributed by atoms with Crippen LogP contribution in [0.25, 0.3) is 0 Å². The second-order valence-electron chi connectivity index (χ2n) is 7.02. The molecule has 3 fully saturated rings. The summed E-state index contributed by atoms with van der Waals surface area (Å²) in [5.41, 5.74) is -0.0469. The highest BCUT2D eigenvalue weighted by molar-refractivity contribution is 4.95. The highest BCUT2D eigenvalue weighted by atomic mass is 19.4. The first-order valence-electron chi connectivity index (χ1n) is 8.08. The van der Waals surface area contributed by atoms with Crippen molar-refractivity contribution in [3.63, 3.8) is 0 Å². The molecule has 0 aromatic rings. The van der Waals surface area contributed by atoms with Gasteiger partial charge in [0.15, 0.2) is 0 Å². The lowest BCUT2D eigenvalue weighted by Crippen LogP contribution is -2.50. The summed E-state index contributed by atoms with van der Waals surface area (Å²) in [6.45, 7) is 1.99. The standard InChI is InChI=1S/C15H25F3N2O/c16-15(17,18)11-20(13-3-4-13)10-14(5-7-21-8-6-14)9-19-12-1-2-12/h12-13,19H,1-11H2. The average Bonchev–Trinajstić information content (AvgIpc) is 3.28. The van der Waals surface area contributed by atoms with Crippen molar-refractivity contribution >= 4 is 0 Å². The van der Waals surface area contributed by atoms with Crippen LogP contribution in [0.3, 0.4) is 0 Å². The molecule has 6 heteroatoms. The van der Waals surface area contributed by atoms with Crippen molar-refractivity contribution in [1.29, 1.82) is 0 Å². The van der Waals surface area contributed by atoms with E-state index in [4.69, 9.17) is 4.74 Å². The molecule has 0 amide bonds. The summed E-state index contributed by atoms with van der Waals surface area (Å²) < 4.78 is 43.9. The van der Waals surface area contributed by atoms with E-state index >= 15 is 0 Å². The third kappa shape index (κ3) is 4.83. The Morgan fingerprint density at radius 1 is 1.10 bits per heavy atom. The summed E-state index contributed by atoms with van der Waals surface area (Å²) in [5, 5.41) is 3.53. The molecular formula is C15H25F3N2O. The normalized spacial score (nSPS) is 26.3. The predicted molar refractivity (Wildman–Crippen MR) is 74.2 cm³/mol. The first kappa shape index (κ1) is 15.6. The van der Waals surface area contributed by atoms with Gasteiger partial charge < -0.3 is 10.1 Å². The third-order valence-electron chi connectivity index (χ3n) is 4.88. The molecule has 2 saturated carbocycles. The SMILES string of the molecule is FC(F)(F)CN(CC1(CNC2CC2)CCOCC1)C1CC1. The Balaban J connectivity index is 1.62. The zero-order chi connectivity index (χ0) is 14.9. The van der Waals surface area contributed by atoms with Crippen LogP contribution in [0.15, 0.2) is 0 Å². The van der Waals surface area contributed by atoms with Crippen LogP contribution in [-0.4, -0.2) is 56.0 Å². The van der Waals surface area contributed by atoms with Crippen molar-refractivity contribution in [3.8, 4) is 0 Å². The van der Waals surface area contributed by atoms with Gasteiger partial charge in [-0.3, -0.25) is 4.90 Å². The molecule has 3 aliphatic rings. The van der Waals surface area contributed by atoms with Gasteiger partial charge in [0.2, 0.25) is 0 Å². The van der Waals surface area contributed by atoms with Crippen LogP contribution >= 0.6 is 0 Å². The molecule has 0 spiro atoms. The van der Waals surface area contributed by atoms with Gasteiger partial charge in [0.05, 0.1) is 6.54 Å². The summed E-state index contributed by atoms with van der Waals surface area (Å²) in [4.78, 5) is 1.68. The van der Waals surface area contributed by atoms with Crippen molar-refractivity contribution in [2.24, 2.45) is 5.41 Å². The monoisotopic (exact) mass is 306 g/mol. The van der Waals surface area contributed by atoms with Gasteiger partial charge >= 0.3 is 6.18 Å². The molecule has 21 heavy (non-hydrogen) atoms. The number of nitrogens with zero attached hydrogens (tertiary/aromatic N) is 1. The van der Waals surface area contributed by atoms with E-state index in [9.17, 15) is 13.2 Å². The second-order valence-corrected chi connectivity index (χ2v) is 7.02. The quantitative estimate of drug-likeness (QED) is 0.782. The molecule has 2 aliphatic carbocycles. The van der Waals surface area contributed by atoms with Gasteiger partial charge in [-0.25, -0.2) is 0 Å². The Morgan fingerprint density at radius 2 is 1.76 bits per heavy atom. The summed E-state index contributed by atoms with van der Waals surface area (Å²) in [6.07, 6.45) is 1.89. The number of alkyl halides is 3. The molecule has 1 N–H and O–H groups in total. The fourth-order valence-corrected chi connectivity index (χ4v) is 3.26. The number of rotatable bonds is 7. The molecule has 0 radical (unpaired) electrons. The van der Waals surface area contributed by atoms with Crippen molar-refractivity contribution in [3.05, 3.63) is 0 Å². The lowest BCUT2D eigenvalue weighted by molar-refractivity contribution is -0.152. The summed E-state index contributed by atoms with van der Waals surface area (Å²) in [7, 11) is 0. The first-order chi connectivity index (χ1) is 9.96. The van der Waals surface area contributed by atoms with Gasteiger partial charge in [-0.1, -0.05) is 0 Å². The fourth-order valence-electron chi connectivity index (χ4n) is 3.26. The van der Waals surface area contributed by atoms with Gasteiger partial charge in [0, 0.05) is 38.4 Å². The van der Waals surface area contributed by atoms with Gasteiger partial charge in [-0.05, 0) is 43.9 Å². The van der Waals surface area contributed by atoms with Gasteiger partial charge in [-0.15, -0.1) is 0 Å². The molecular weight excluding hydrogens is 281 g/mol. The smallest absolute Gasteiger partial charge is 0.381 e. The van der Waals surface area contributed by atoms with Crippen LogP contribution < -0.4 is 5.32 Å². The van der Waals surface area contributed by atoms with Crippen LogP contribution in [-0.2, 0) is 4.74 Å². The Hall–Kier alpha value is -0.330. The highest BCUT2D eigenvalue weighted by Crippen LogP contribution is 2.37. The minimum atomic E-state index is -4.10. The number of halogens is 3. The molecule has 0 aromatic carbocycles. The largest absolute Gasteiger partial charge is 0.401 e. The van der Waals surface area contributed by atoms with E-state index in [1.54, 1.807) is 4.90 Å². The summed E-state index contributed by atoms with van der Waals surface area (Å²) in [5.74, 6) is 0. The maximum atomic E-state index is 12.8. The number of ether oxygens (including phenoxy) is 1. The van der Waals surface area contributed by atoms with E-state index < -0.39 is 12.7 Å². The lowest BCUT2D eigenvalue weighted by atomic mass is 9.79. The minimum absolute atomic E-state index is 0.0469. The predicted octanol–water partition coefficient (Wildman–Crippen LogP) is 2.56. The van der Waals surface area contributed by atoms with Crippen molar-refractivity contribution < 1.29 is 17.9 Å². The maximum Gasteiger partial charge on any atom is 0.401 e. The molecule has 122 valence electrons. The Kier molecular flexibility index (Phi) is 4.48. The molecule has 0 bridgehead atoms. The van der Waals surface area contributed by atoms with Crippen LogP contribution in [0.2, 0.25) is 0 Å². The molecule has 0 atom stereocenters. The molecule has 1 aliphatic heterocycles. The molecule has 0 unspecified atom stereocenters. The Bertz CT molecular complexity index is 347. The highest BCUT2D eigenvalue weighted by Gasteiger charge is 2.43. The maximum absolute atomic E-state index is 12.8. The van der Waals surface area contributed by atoms with E-state index in [-0.39, 0.29) is 11.5 Å².